The highest BCUT2D eigenvalue weighted by molar-refractivity contribution is 6.20. The molecule has 0 nitrogen and oxygen atoms in total. The Kier molecular flexibility index (Phi) is 8.54. The van der Waals surface area contributed by atoms with Gasteiger partial charge in [0.05, 0.1) is 5.92 Å². The SMILES string of the molecule is FC1CC(C(F)(F)C2C(F)CC(C3C(F)CC(C4CCC(Cl)CC4)CC3F)CC2F)CC(F)C1F. The van der Waals surface area contributed by atoms with E-state index in [4.69, 9.17) is 11.6 Å². The molecule has 0 aromatic rings. The van der Waals surface area contributed by atoms with Gasteiger partial charge in [0.15, 0.2) is 6.17 Å². The molecule has 204 valence electrons. The van der Waals surface area contributed by atoms with Gasteiger partial charge in [-0.2, -0.15) is 0 Å². The summed E-state index contributed by atoms with van der Waals surface area (Å²) in [6.45, 7) is 0. The van der Waals surface area contributed by atoms with E-state index in [0.29, 0.717) is 0 Å². The van der Waals surface area contributed by atoms with E-state index in [2.05, 4.69) is 0 Å². The average Bonchev–Trinajstić information content (AvgIpc) is 2.76. The lowest BCUT2D eigenvalue weighted by atomic mass is 9.62. The Morgan fingerprint density at radius 1 is 0.514 bits per heavy atom. The number of rotatable bonds is 4. The van der Waals surface area contributed by atoms with Crippen molar-refractivity contribution >= 4 is 11.6 Å². The van der Waals surface area contributed by atoms with Crippen LogP contribution in [0.5, 0.6) is 0 Å². The molecular formula is C25H34ClF9. The Bertz CT molecular complexity index is 666. The predicted octanol–water partition coefficient (Wildman–Crippen LogP) is 8.25. The molecule has 4 aliphatic carbocycles. The summed E-state index contributed by atoms with van der Waals surface area (Å²) in [6, 6.07) is 0. The molecule has 4 saturated carbocycles. The monoisotopic (exact) mass is 540 g/mol. The highest BCUT2D eigenvalue weighted by Gasteiger charge is 2.60. The molecule has 6 unspecified atom stereocenters. The van der Waals surface area contributed by atoms with Gasteiger partial charge < -0.3 is 0 Å². The van der Waals surface area contributed by atoms with E-state index in [0.717, 1.165) is 25.7 Å². The molecule has 0 aromatic carbocycles. The minimum atomic E-state index is -4.11. The smallest absolute Gasteiger partial charge is 0.247 e. The summed E-state index contributed by atoms with van der Waals surface area (Å²) in [4.78, 5) is 0. The molecule has 4 aliphatic rings. The van der Waals surface area contributed by atoms with Gasteiger partial charge in [0.1, 0.15) is 37.0 Å². The van der Waals surface area contributed by atoms with Gasteiger partial charge in [0.25, 0.3) is 5.92 Å². The highest BCUT2D eigenvalue weighted by Crippen LogP contribution is 2.53. The Labute approximate surface area is 205 Å². The molecule has 0 heterocycles. The number of alkyl halides is 10. The Morgan fingerprint density at radius 2 is 0.971 bits per heavy atom. The van der Waals surface area contributed by atoms with Gasteiger partial charge in [-0.15, -0.1) is 11.6 Å². The van der Waals surface area contributed by atoms with Crippen LogP contribution in [-0.4, -0.2) is 54.5 Å². The topological polar surface area (TPSA) is 0 Å². The van der Waals surface area contributed by atoms with Crippen molar-refractivity contribution in [2.45, 2.75) is 119 Å². The van der Waals surface area contributed by atoms with Gasteiger partial charge in [0.2, 0.25) is 0 Å². The van der Waals surface area contributed by atoms with Crippen LogP contribution in [0.1, 0.15) is 64.2 Å². The van der Waals surface area contributed by atoms with Crippen molar-refractivity contribution in [3.05, 3.63) is 0 Å². The normalized spacial score (nSPS) is 52.3. The molecule has 35 heavy (non-hydrogen) atoms. The van der Waals surface area contributed by atoms with Crippen LogP contribution in [0.3, 0.4) is 0 Å². The predicted molar refractivity (Wildman–Crippen MR) is 116 cm³/mol. The summed E-state index contributed by atoms with van der Waals surface area (Å²) in [6.07, 6.45) is -15.6. The van der Waals surface area contributed by atoms with Crippen LogP contribution in [-0.2, 0) is 0 Å². The number of hydrogen-bond acceptors (Lipinski definition) is 0. The number of hydrogen-bond donors (Lipinski definition) is 0. The maximum Gasteiger partial charge on any atom is 0.259 e. The molecular weight excluding hydrogens is 507 g/mol. The molecule has 10 heteroatoms. The number of halogens is 10. The van der Waals surface area contributed by atoms with Crippen molar-refractivity contribution in [2.75, 3.05) is 0 Å². The van der Waals surface area contributed by atoms with Crippen molar-refractivity contribution in [3.8, 4) is 0 Å². The first-order chi connectivity index (χ1) is 16.4. The van der Waals surface area contributed by atoms with Gasteiger partial charge in [-0.25, -0.2) is 39.5 Å². The maximum atomic E-state index is 15.2. The fourth-order valence-corrected chi connectivity index (χ4v) is 7.70. The van der Waals surface area contributed by atoms with Crippen molar-refractivity contribution < 1.29 is 39.5 Å². The maximum absolute atomic E-state index is 15.2. The summed E-state index contributed by atoms with van der Waals surface area (Å²) in [5.74, 6) is -11.0. The first-order valence-electron chi connectivity index (χ1n) is 12.9. The molecule has 0 aliphatic heterocycles. The van der Waals surface area contributed by atoms with Crippen molar-refractivity contribution in [1.29, 1.82) is 0 Å². The zero-order chi connectivity index (χ0) is 25.7. The van der Waals surface area contributed by atoms with Crippen LogP contribution in [0.15, 0.2) is 0 Å². The zero-order valence-corrected chi connectivity index (χ0v) is 20.2. The molecule has 6 atom stereocenters. The van der Waals surface area contributed by atoms with Crippen LogP contribution in [0.4, 0.5) is 39.5 Å². The molecule has 0 aromatic heterocycles. The largest absolute Gasteiger partial charge is 0.259 e. The molecule has 0 bridgehead atoms. The van der Waals surface area contributed by atoms with Crippen molar-refractivity contribution in [1.82, 2.24) is 0 Å². The molecule has 4 fully saturated rings. The van der Waals surface area contributed by atoms with Crippen molar-refractivity contribution in [2.24, 2.45) is 35.5 Å². The average molecular weight is 541 g/mol. The highest BCUT2D eigenvalue weighted by atomic mass is 35.5. The fourth-order valence-electron chi connectivity index (χ4n) is 7.44. The summed E-state index contributed by atoms with van der Waals surface area (Å²) >= 11 is 6.12. The van der Waals surface area contributed by atoms with E-state index in [1.165, 1.54) is 0 Å². The molecule has 0 N–H and O–H groups in total. The Balaban J connectivity index is 1.40. The second-order valence-electron chi connectivity index (χ2n) is 11.5. The van der Waals surface area contributed by atoms with Crippen LogP contribution < -0.4 is 0 Å². The van der Waals surface area contributed by atoms with Crippen LogP contribution in [0.2, 0.25) is 0 Å². The van der Waals surface area contributed by atoms with Gasteiger partial charge in [0, 0.05) is 17.2 Å². The van der Waals surface area contributed by atoms with Crippen LogP contribution in [0, 0.1) is 35.5 Å². The molecule has 0 spiro atoms. The second-order valence-corrected chi connectivity index (χ2v) is 12.1. The first-order valence-corrected chi connectivity index (χ1v) is 13.3. The second kappa shape index (κ2) is 10.8. The summed E-state index contributed by atoms with van der Waals surface area (Å²) in [5.41, 5.74) is 0. The third kappa shape index (κ3) is 5.59. The first kappa shape index (κ1) is 27.7. The Hall–Kier alpha value is -0.340. The Morgan fingerprint density at radius 3 is 1.46 bits per heavy atom. The lowest BCUT2D eigenvalue weighted by Gasteiger charge is -2.47. The van der Waals surface area contributed by atoms with Gasteiger partial charge in [-0.1, -0.05) is 0 Å². The minimum absolute atomic E-state index is 0.0693. The van der Waals surface area contributed by atoms with E-state index in [-0.39, 0.29) is 30.1 Å². The van der Waals surface area contributed by atoms with Crippen LogP contribution in [0.25, 0.3) is 0 Å². The third-order valence-electron chi connectivity index (χ3n) is 9.34. The molecule has 4 rings (SSSR count). The molecule has 0 radical (unpaired) electrons. The van der Waals surface area contributed by atoms with Gasteiger partial charge >= 0.3 is 0 Å². The molecule has 0 amide bonds. The van der Waals surface area contributed by atoms with E-state index in [1.807, 2.05) is 0 Å². The van der Waals surface area contributed by atoms with Gasteiger partial charge in [-0.3, -0.25) is 0 Å². The minimum Gasteiger partial charge on any atom is -0.247 e. The standard InChI is InChI=1S/C25H34ClF9/c26-15-3-1-11(2-4-15)12-5-16(27)22(17(28)6-12)13-7-18(29)23(19(30)8-13)25(34,35)14-9-20(31)24(33)21(32)10-14/h11-24H,1-10H2. The third-order valence-corrected chi connectivity index (χ3v) is 9.77. The summed E-state index contributed by atoms with van der Waals surface area (Å²) in [7, 11) is 0. The summed E-state index contributed by atoms with van der Waals surface area (Å²) < 4.78 is 131. The fraction of sp³-hybridized carbons (Fsp3) is 1.00. The lowest BCUT2D eigenvalue weighted by Crippen LogP contribution is -2.55. The van der Waals surface area contributed by atoms with E-state index in [1.54, 1.807) is 0 Å². The van der Waals surface area contributed by atoms with E-state index >= 15 is 26.3 Å². The summed E-state index contributed by atoms with van der Waals surface area (Å²) in [5, 5.41) is 0.0693. The van der Waals surface area contributed by atoms with E-state index < -0.39 is 98.5 Å². The van der Waals surface area contributed by atoms with Crippen LogP contribution >= 0.6 is 11.6 Å². The molecule has 0 saturated heterocycles. The quantitative estimate of drug-likeness (QED) is 0.249. The lowest BCUT2D eigenvalue weighted by molar-refractivity contribution is -0.192. The zero-order valence-electron chi connectivity index (χ0n) is 19.4. The van der Waals surface area contributed by atoms with E-state index in [9.17, 15) is 13.2 Å². The van der Waals surface area contributed by atoms with Crippen molar-refractivity contribution in [3.63, 3.8) is 0 Å². The van der Waals surface area contributed by atoms with Gasteiger partial charge in [-0.05, 0) is 82.0 Å².